The van der Waals surface area contributed by atoms with Crippen molar-refractivity contribution >= 4 is 11.8 Å². The first-order chi connectivity index (χ1) is 11.8. The first-order valence-electron chi connectivity index (χ1n) is 8.37. The van der Waals surface area contributed by atoms with Gasteiger partial charge in [0.2, 0.25) is 11.8 Å². The van der Waals surface area contributed by atoms with Crippen LogP contribution in [0.3, 0.4) is 0 Å². The fourth-order valence-electron chi connectivity index (χ4n) is 2.39. The van der Waals surface area contributed by atoms with E-state index in [9.17, 15) is 9.59 Å². The molecule has 2 aromatic heterocycles. The number of aryl methyl sites for hydroxylation is 2. The summed E-state index contributed by atoms with van der Waals surface area (Å²) in [6.45, 7) is 8.57. The van der Waals surface area contributed by atoms with Crippen LogP contribution in [0, 0.1) is 19.8 Å². The minimum atomic E-state index is -0.146. The Kier molecular flexibility index (Phi) is 6.32. The number of carbonyl (C=O) groups excluding carboxylic acids is 2. The second-order valence-corrected chi connectivity index (χ2v) is 6.65. The maximum absolute atomic E-state index is 12.2. The van der Waals surface area contributed by atoms with Gasteiger partial charge in [-0.1, -0.05) is 13.8 Å². The van der Waals surface area contributed by atoms with Gasteiger partial charge in [0, 0.05) is 25.0 Å². The zero-order valence-corrected chi connectivity index (χ0v) is 15.2. The predicted octanol–water partition coefficient (Wildman–Crippen LogP) is 0.654. The van der Waals surface area contributed by atoms with Gasteiger partial charge in [-0.2, -0.15) is 10.2 Å². The highest BCUT2D eigenvalue weighted by Crippen LogP contribution is 2.02. The molecule has 0 saturated heterocycles. The normalized spacial score (nSPS) is 12.2. The molecule has 0 bridgehead atoms. The number of aromatic nitrogens is 4. The average molecular weight is 346 g/mol. The third-order valence-corrected chi connectivity index (χ3v) is 3.81. The van der Waals surface area contributed by atoms with Crippen LogP contribution >= 0.6 is 0 Å². The Hall–Kier alpha value is -2.64. The summed E-state index contributed by atoms with van der Waals surface area (Å²) in [6.07, 6.45) is 7.05. The fraction of sp³-hybridized carbons (Fsp3) is 0.529. The highest BCUT2D eigenvalue weighted by atomic mass is 16.2. The average Bonchev–Trinajstić information content (AvgIpc) is 3.11. The Bertz CT molecular complexity index is 718. The van der Waals surface area contributed by atoms with Crippen molar-refractivity contribution in [1.29, 1.82) is 0 Å². The van der Waals surface area contributed by atoms with Gasteiger partial charge in [-0.15, -0.1) is 0 Å². The molecule has 2 N–H and O–H groups in total. The molecule has 0 fully saturated rings. The molecule has 2 rings (SSSR count). The molecular formula is C17H26N6O2. The zero-order chi connectivity index (χ0) is 18.4. The smallest absolute Gasteiger partial charge is 0.242 e. The summed E-state index contributed by atoms with van der Waals surface area (Å²) < 4.78 is 3.19. The molecule has 2 aromatic rings. The van der Waals surface area contributed by atoms with Crippen LogP contribution in [0.1, 0.15) is 25.0 Å². The van der Waals surface area contributed by atoms with Crippen LogP contribution in [0.4, 0.5) is 0 Å². The summed E-state index contributed by atoms with van der Waals surface area (Å²) in [6, 6.07) is -0.146. The number of amides is 2. The van der Waals surface area contributed by atoms with Crippen molar-refractivity contribution < 1.29 is 9.59 Å². The Morgan fingerprint density at radius 2 is 1.52 bits per heavy atom. The number of hydrogen-bond acceptors (Lipinski definition) is 4. The van der Waals surface area contributed by atoms with Crippen LogP contribution in [0.2, 0.25) is 0 Å². The highest BCUT2D eigenvalue weighted by Gasteiger charge is 2.17. The second-order valence-electron chi connectivity index (χ2n) is 6.65. The number of nitrogens with zero attached hydrogens (tertiary/aromatic N) is 4. The maximum atomic E-state index is 12.2. The van der Waals surface area contributed by atoms with Crippen LogP contribution in [-0.4, -0.2) is 44.0 Å². The van der Waals surface area contributed by atoms with Crippen molar-refractivity contribution in [3.05, 3.63) is 35.9 Å². The Balaban J connectivity index is 1.81. The quantitative estimate of drug-likeness (QED) is 0.734. The zero-order valence-electron chi connectivity index (χ0n) is 15.2. The predicted molar refractivity (Wildman–Crippen MR) is 93.7 cm³/mol. The third-order valence-electron chi connectivity index (χ3n) is 3.81. The minimum Gasteiger partial charge on any atom is -0.352 e. The molecule has 1 unspecified atom stereocenters. The van der Waals surface area contributed by atoms with Gasteiger partial charge < -0.3 is 10.6 Å². The number of rotatable bonds is 8. The molecule has 8 heteroatoms. The third kappa shape index (κ3) is 6.06. The summed E-state index contributed by atoms with van der Waals surface area (Å²) in [5.41, 5.74) is 2.02. The van der Waals surface area contributed by atoms with Crippen LogP contribution in [0.15, 0.2) is 24.8 Å². The molecule has 25 heavy (non-hydrogen) atoms. The minimum absolute atomic E-state index is 0.126. The van der Waals surface area contributed by atoms with Crippen molar-refractivity contribution in [2.75, 3.05) is 6.54 Å². The molecule has 0 radical (unpaired) electrons. The largest absolute Gasteiger partial charge is 0.352 e. The van der Waals surface area contributed by atoms with E-state index >= 15 is 0 Å². The van der Waals surface area contributed by atoms with Gasteiger partial charge in [0.1, 0.15) is 13.1 Å². The molecule has 0 aliphatic heterocycles. The van der Waals surface area contributed by atoms with Crippen LogP contribution < -0.4 is 10.6 Å². The van der Waals surface area contributed by atoms with E-state index in [1.54, 1.807) is 21.8 Å². The fourth-order valence-corrected chi connectivity index (χ4v) is 2.39. The molecule has 0 aromatic carbocycles. The van der Waals surface area contributed by atoms with E-state index < -0.39 is 0 Å². The van der Waals surface area contributed by atoms with Crippen molar-refractivity contribution in [2.24, 2.45) is 5.92 Å². The maximum Gasteiger partial charge on any atom is 0.242 e. The van der Waals surface area contributed by atoms with E-state index in [2.05, 4.69) is 20.8 Å². The monoisotopic (exact) mass is 346 g/mol. The lowest BCUT2D eigenvalue weighted by molar-refractivity contribution is -0.124. The van der Waals surface area contributed by atoms with Gasteiger partial charge in [0.25, 0.3) is 0 Å². The van der Waals surface area contributed by atoms with Gasteiger partial charge in [0.15, 0.2) is 0 Å². The van der Waals surface area contributed by atoms with Crippen molar-refractivity contribution in [2.45, 2.75) is 46.8 Å². The van der Waals surface area contributed by atoms with E-state index in [-0.39, 0.29) is 36.9 Å². The van der Waals surface area contributed by atoms with E-state index in [4.69, 9.17) is 0 Å². The number of hydrogen-bond donors (Lipinski definition) is 2. The first kappa shape index (κ1) is 18.7. The Morgan fingerprint density at radius 3 is 1.96 bits per heavy atom. The molecule has 2 heterocycles. The van der Waals surface area contributed by atoms with Gasteiger partial charge in [0.05, 0.1) is 12.4 Å². The molecule has 0 spiro atoms. The SMILES string of the molecule is Cc1cnn(CC(=O)NCC(NC(=O)Cn2cc(C)cn2)C(C)C)c1. The van der Waals surface area contributed by atoms with Crippen molar-refractivity contribution in [3.8, 4) is 0 Å². The van der Waals surface area contributed by atoms with Crippen molar-refractivity contribution in [3.63, 3.8) is 0 Å². The standard InChI is InChI=1S/C17H26N6O2/c1-12(2)15(21-17(25)11-23-9-14(4)6-20-23)7-18-16(24)10-22-8-13(3)5-19-22/h5-6,8-9,12,15H,7,10-11H2,1-4H3,(H,18,24)(H,21,25). The summed E-state index contributed by atoms with van der Waals surface area (Å²) in [5.74, 6) is -0.0694. The van der Waals surface area contributed by atoms with Gasteiger partial charge in [-0.25, -0.2) is 0 Å². The van der Waals surface area contributed by atoms with Crippen molar-refractivity contribution in [1.82, 2.24) is 30.2 Å². The Morgan fingerprint density at radius 1 is 1.00 bits per heavy atom. The molecule has 1 atom stereocenters. The van der Waals surface area contributed by atoms with Gasteiger partial charge in [-0.05, 0) is 30.9 Å². The molecule has 0 saturated carbocycles. The summed E-state index contributed by atoms with van der Waals surface area (Å²) in [4.78, 5) is 24.2. The van der Waals surface area contributed by atoms with Crippen LogP contribution in [0.25, 0.3) is 0 Å². The molecule has 0 aliphatic carbocycles. The summed E-state index contributed by atoms with van der Waals surface area (Å²) >= 11 is 0. The Labute approximate surface area is 147 Å². The first-order valence-corrected chi connectivity index (χ1v) is 8.37. The second kappa shape index (κ2) is 8.46. The van der Waals surface area contributed by atoms with E-state index in [0.29, 0.717) is 6.54 Å². The molecular weight excluding hydrogens is 320 g/mol. The highest BCUT2D eigenvalue weighted by molar-refractivity contribution is 5.77. The van der Waals surface area contributed by atoms with E-state index in [1.165, 1.54) is 0 Å². The number of carbonyl (C=O) groups is 2. The summed E-state index contributed by atoms with van der Waals surface area (Å²) in [7, 11) is 0. The van der Waals surface area contributed by atoms with Crippen LogP contribution in [0.5, 0.6) is 0 Å². The van der Waals surface area contributed by atoms with E-state index in [0.717, 1.165) is 11.1 Å². The van der Waals surface area contributed by atoms with Crippen LogP contribution in [-0.2, 0) is 22.7 Å². The van der Waals surface area contributed by atoms with Gasteiger partial charge in [-0.3, -0.25) is 19.0 Å². The van der Waals surface area contributed by atoms with E-state index in [1.807, 2.05) is 40.1 Å². The lowest BCUT2D eigenvalue weighted by Crippen LogP contribution is -2.48. The topological polar surface area (TPSA) is 93.8 Å². The molecule has 2 amide bonds. The lowest BCUT2D eigenvalue weighted by Gasteiger charge is -2.23. The molecule has 0 aliphatic rings. The molecule has 136 valence electrons. The lowest BCUT2D eigenvalue weighted by atomic mass is 10.0. The van der Waals surface area contributed by atoms with Gasteiger partial charge >= 0.3 is 0 Å². The number of nitrogens with one attached hydrogen (secondary N) is 2. The summed E-state index contributed by atoms with van der Waals surface area (Å²) in [5, 5.41) is 14.0. The molecule has 8 nitrogen and oxygen atoms in total.